The number of carbonyl (C=O) groups is 2. The van der Waals surface area contributed by atoms with Gasteiger partial charge in [-0.3, -0.25) is 9.59 Å². The Morgan fingerprint density at radius 3 is 2.44 bits per heavy atom. The molecular formula is C24H18BrNO6. The van der Waals surface area contributed by atoms with Crippen molar-refractivity contribution in [1.82, 2.24) is 4.98 Å². The number of carbonyl (C=O) groups excluding carboxylic acids is 1. The molecular weight excluding hydrogens is 478 g/mol. The minimum absolute atomic E-state index is 0.00943. The molecule has 8 heteroatoms. The van der Waals surface area contributed by atoms with Gasteiger partial charge in [0.05, 0.1) is 18.6 Å². The van der Waals surface area contributed by atoms with Crippen LogP contribution < -0.4 is 9.47 Å². The second-order valence-electron chi connectivity index (χ2n) is 7.82. The number of aliphatic hydroxyl groups is 1. The van der Waals surface area contributed by atoms with E-state index in [-0.39, 0.29) is 17.2 Å². The second-order valence-corrected chi connectivity index (χ2v) is 8.73. The van der Waals surface area contributed by atoms with Crippen molar-refractivity contribution in [2.75, 3.05) is 7.11 Å². The molecule has 0 bridgehead atoms. The fourth-order valence-corrected chi connectivity index (χ4v) is 5.39. The molecule has 0 radical (unpaired) electrons. The Hall–Kier alpha value is -3.23. The van der Waals surface area contributed by atoms with Gasteiger partial charge in [-0.1, -0.05) is 58.4 Å². The van der Waals surface area contributed by atoms with Gasteiger partial charge in [0, 0.05) is 10.7 Å². The third-order valence-corrected chi connectivity index (χ3v) is 6.88. The summed E-state index contributed by atoms with van der Waals surface area (Å²) in [6.45, 7) is 0. The zero-order valence-electron chi connectivity index (χ0n) is 16.9. The first-order valence-corrected chi connectivity index (χ1v) is 10.7. The van der Waals surface area contributed by atoms with Crippen LogP contribution in [-0.2, 0) is 20.8 Å². The van der Waals surface area contributed by atoms with Crippen LogP contribution in [0.4, 0.5) is 0 Å². The van der Waals surface area contributed by atoms with E-state index in [1.807, 2.05) is 0 Å². The Kier molecular flexibility index (Phi) is 4.61. The SMILES string of the molecule is COc1nccc2c1C1(O)C(=O)C(C(=O)O)C(c3ccccc3)C1(c1ccc(Br)cc1)O2. The highest BCUT2D eigenvalue weighted by molar-refractivity contribution is 9.10. The van der Waals surface area contributed by atoms with Crippen molar-refractivity contribution in [3.63, 3.8) is 0 Å². The molecule has 1 fully saturated rings. The summed E-state index contributed by atoms with van der Waals surface area (Å²) in [5, 5.41) is 22.3. The second kappa shape index (κ2) is 7.15. The molecule has 5 rings (SSSR count). The molecule has 0 spiro atoms. The van der Waals surface area contributed by atoms with Crippen LogP contribution in [0.15, 0.2) is 71.3 Å². The van der Waals surface area contributed by atoms with Crippen LogP contribution in [0.3, 0.4) is 0 Å². The Balaban J connectivity index is 1.90. The Labute approximate surface area is 191 Å². The van der Waals surface area contributed by atoms with E-state index in [2.05, 4.69) is 20.9 Å². The number of benzene rings is 2. The van der Waals surface area contributed by atoms with E-state index in [0.717, 1.165) is 4.47 Å². The topological polar surface area (TPSA) is 106 Å². The van der Waals surface area contributed by atoms with Crippen LogP contribution in [0, 0.1) is 5.92 Å². The van der Waals surface area contributed by atoms with E-state index in [1.165, 1.54) is 13.3 Å². The number of ether oxygens (including phenoxy) is 2. The lowest BCUT2D eigenvalue weighted by Gasteiger charge is -2.39. The molecule has 7 nitrogen and oxygen atoms in total. The molecule has 162 valence electrons. The molecule has 1 aliphatic heterocycles. The van der Waals surface area contributed by atoms with Crippen LogP contribution in [0.5, 0.6) is 11.6 Å². The van der Waals surface area contributed by atoms with Crippen molar-refractivity contribution in [1.29, 1.82) is 0 Å². The number of pyridine rings is 1. The standard InChI is InChI=1S/C24H18BrNO6/c1-31-21-19-16(11-12-26-21)32-24(14-7-9-15(25)10-8-14)18(13-5-3-2-4-6-13)17(22(28)29)20(27)23(19,24)30/h2-12,17-18,30H,1H3,(H,28,29). The lowest BCUT2D eigenvalue weighted by Crippen LogP contribution is -2.50. The zero-order valence-corrected chi connectivity index (χ0v) is 18.4. The number of hydrogen-bond donors (Lipinski definition) is 2. The minimum Gasteiger partial charge on any atom is -0.481 e. The number of fused-ring (bicyclic) bond motifs is 3. The van der Waals surface area contributed by atoms with Gasteiger partial charge in [-0.25, -0.2) is 4.98 Å². The molecule has 1 saturated carbocycles. The van der Waals surface area contributed by atoms with Crippen molar-refractivity contribution in [3.8, 4) is 11.6 Å². The monoisotopic (exact) mass is 495 g/mol. The van der Waals surface area contributed by atoms with Crippen molar-refractivity contribution in [2.45, 2.75) is 17.1 Å². The van der Waals surface area contributed by atoms with Gasteiger partial charge < -0.3 is 19.7 Å². The number of aliphatic carboxylic acids is 1. The van der Waals surface area contributed by atoms with E-state index in [9.17, 15) is 19.8 Å². The molecule has 32 heavy (non-hydrogen) atoms. The smallest absolute Gasteiger partial charge is 0.314 e. The van der Waals surface area contributed by atoms with E-state index in [0.29, 0.717) is 11.1 Å². The first-order valence-electron chi connectivity index (χ1n) is 9.89. The Morgan fingerprint density at radius 2 is 1.81 bits per heavy atom. The van der Waals surface area contributed by atoms with E-state index in [4.69, 9.17) is 9.47 Å². The maximum absolute atomic E-state index is 13.8. The molecule has 3 aromatic rings. The Bertz CT molecular complexity index is 1230. The summed E-state index contributed by atoms with van der Waals surface area (Å²) in [6.07, 6.45) is 1.45. The predicted octanol–water partition coefficient (Wildman–Crippen LogP) is 3.40. The van der Waals surface area contributed by atoms with Crippen LogP contribution in [0.25, 0.3) is 0 Å². The number of rotatable bonds is 4. The molecule has 0 saturated heterocycles. The normalized spacial score (nSPS) is 28.0. The van der Waals surface area contributed by atoms with Crippen molar-refractivity contribution in [3.05, 3.63) is 88.0 Å². The third-order valence-electron chi connectivity index (χ3n) is 6.35. The number of Topliss-reactive ketones (excluding diaryl/α,β-unsaturated/α-hetero) is 1. The summed E-state index contributed by atoms with van der Waals surface area (Å²) in [5.74, 6) is -4.54. The summed E-state index contributed by atoms with van der Waals surface area (Å²) in [7, 11) is 1.37. The molecule has 4 unspecified atom stereocenters. The first-order chi connectivity index (χ1) is 15.4. The molecule has 2 N–H and O–H groups in total. The fourth-order valence-electron chi connectivity index (χ4n) is 5.12. The lowest BCUT2D eigenvalue weighted by atomic mass is 9.71. The number of aromatic nitrogens is 1. The van der Waals surface area contributed by atoms with Crippen molar-refractivity contribution in [2.24, 2.45) is 5.92 Å². The fraction of sp³-hybridized carbons (Fsp3) is 0.208. The Morgan fingerprint density at radius 1 is 1.12 bits per heavy atom. The number of nitrogens with zero attached hydrogens (tertiary/aromatic N) is 1. The van der Waals surface area contributed by atoms with Gasteiger partial charge in [-0.15, -0.1) is 0 Å². The van der Waals surface area contributed by atoms with Gasteiger partial charge in [0.2, 0.25) is 11.5 Å². The van der Waals surface area contributed by atoms with Crippen LogP contribution in [0.1, 0.15) is 22.6 Å². The summed E-state index contributed by atoms with van der Waals surface area (Å²) in [5.41, 5.74) is -3.01. The first kappa shape index (κ1) is 20.7. The maximum Gasteiger partial charge on any atom is 0.314 e. The summed E-state index contributed by atoms with van der Waals surface area (Å²) >= 11 is 3.40. The highest BCUT2D eigenvalue weighted by atomic mass is 79.9. The van der Waals surface area contributed by atoms with Crippen molar-refractivity contribution < 1.29 is 29.3 Å². The summed E-state index contributed by atoms with van der Waals surface area (Å²) in [6, 6.07) is 17.3. The van der Waals surface area contributed by atoms with Gasteiger partial charge in [0.15, 0.2) is 11.4 Å². The zero-order chi connectivity index (χ0) is 22.7. The van der Waals surface area contributed by atoms with Gasteiger partial charge in [0.25, 0.3) is 0 Å². The number of carboxylic acids is 1. The number of carboxylic acid groups (broad SMARTS) is 1. The highest BCUT2D eigenvalue weighted by Gasteiger charge is 2.78. The molecule has 2 aromatic carbocycles. The third kappa shape index (κ3) is 2.47. The number of methoxy groups -OCH3 is 1. The predicted molar refractivity (Wildman–Crippen MR) is 116 cm³/mol. The van der Waals surface area contributed by atoms with E-state index >= 15 is 0 Å². The molecule has 1 aliphatic carbocycles. The van der Waals surface area contributed by atoms with Crippen LogP contribution in [0.2, 0.25) is 0 Å². The molecule has 2 heterocycles. The number of halogens is 1. The quantitative estimate of drug-likeness (QED) is 0.534. The average molecular weight is 496 g/mol. The summed E-state index contributed by atoms with van der Waals surface area (Å²) in [4.78, 5) is 30.4. The minimum atomic E-state index is -2.33. The lowest BCUT2D eigenvalue weighted by molar-refractivity contribution is -0.154. The van der Waals surface area contributed by atoms with Crippen molar-refractivity contribution >= 4 is 27.7 Å². The molecule has 0 amide bonds. The van der Waals surface area contributed by atoms with Gasteiger partial charge in [-0.2, -0.15) is 0 Å². The van der Waals surface area contributed by atoms with E-state index in [1.54, 1.807) is 60.7 Å². The van der Waals surface area contributed by atoms with Gasteiger partial charge in [0.1, 0.15) is 11.7 Å². The van der Waals surface area contributed by atoms with Gasteiger partial charge >= 0.3 is 5.97 Å². The largest absolute Gasteiger partial charge is 0.481 e. The summed E-state index contributed by atoms with van der Waals surface area (Å²) < 4.78 is 12.6. The number of ketones is 1. The average Bonchev–Trinajstić information content (AvgIpc) is 3.18. The molecule has 1 aromatic heterocycles. The molecule has 4 atom stereocenters. The molecule has 2 aliphatic rings. The van der Waals surface area contributed by atoms with Gasteiger partial charge in [-0.05, 0) is 29.3 Å². The van der Waals surface area contributed by atoms with E-state index < -0.39 is 34.8 Å². The number of hydrogen-bond acceptors (Lipinski definition) is 6. The maximum atomic E-state index is 13.8. The highest BCUT2D eigenvalue weighted by Crippen LogP contribution is 2.68. The van der Waals surface area contributed by atoms with Crippen LogP contribution >= 0.6 is 15.9 Å². The van der Waals surface area contributed by atoms with Crippen LogP contribution in [-0.4, -0.2) is 34.1 Å².